The number of rotatable bonds is 1. The van der Waals surface area contributed by atoms with E-state index in [9.17, 15) is 0 Å². The molecule has 0 aliphatic heterocycles. The van der Waals surface area contributed by atoms with Crippen LogP contribution >= 0.6 is 0 Å². The maximum absolute atomic E-state index is 8.49. The fourth-order valence-electron chi connectivity index (χ4n) is 0.676. The van der Waals surface area contributed by atoms with E-state index < -0.39 is 10.2 Å². The summed E-state index contributed by atoms with van der Waals surface area (Å²) < 4.78 is 34.0. The number of anilines is 1. The minimum absolute atomic E-state index is 1.22. The Labute approximate surface area is 83.8 Å². The maximum atomic E-state index is 8.49. The number of hydrogen-bond acceptors (Lipinski definition) is 5. The van der Waals surface area contributed by atoms with E-state index in [1.807, 2.05) is 38.6 Å². The summed E-state index contributed by atoms with van der Waals surface area (Å²) in [5.74, 6) is 0. The van der Waals surface area contributed by atoms with Gasteiger partial charge in [-0.3, -0.25) is 0 Å². The van der Waals surface area contributed by atoms with Crippen LogP contribution in [0.25, 0.3) is 0 Å². The predicted molar refractivity (Wildman–Crippen MR) is 37.3 cm³/mol. The van der Waals surface area contributed by atoms with E-state index in [2.05, 4.69) is 9.88 Å². The number of nitrogens with zero attached hydrogens (tertiary/aromatic N) is 1. The molecule has 1 N–H and O–H groups in total. The fourth-order valence-corrected chi connectivity index (χ4v) is 0.676. The third kappa shape index (κ3) is 9.17. The van der Waals surface area contributed by atoms with Crippen LogP contribution in [0.1, 0.15) is 0 Å². The van der Waals surface area contributed by atoms with Gasteiger partial charge in [0.1, 0.15) is 0 Å². The van der Waals surface area contributed by atoms with Gasteiger partial charge in [-0.2, -0.15) is 0 Å². The van der Waals surface area contributed by atoms with E-state index >= 15 is 0 Å². The lowest BCUT2D eigenvalue weighted by Crippen LogP contribution is -2.68. The molecule has 0 unspecified atom stereocenters. The summed E-state index contributed by atoms with van der Waals surface area (Å²) in [6, 6.07) is 4.06. The summed E-state index contributed by atoms with van der Waals surface area (Å²) in [6.07, 6.45) is 3.82. The first-order valence-electron chi connectivity index (χ1n) is 3.56. The highest BCUT2D eigenvalue weighted by atomic mass is 35.7. The summed E-state index contributed by atoms with van der Waals surface area (Å²) in [5, 5.41) is 0. The molecule has 0 bridgehead atoms. The zero-order chi connectivity index (χ0) is 11.2. The van der Waals surface area contributed by atoms with Crippen LogP contribution in [0.4, 0.5) is 5.69 Å². The quantitative estimate of drug-likeness (QED) is 0.479. The van der Waals surface area contributed by atoms with Crippen molar-refractivity contribution < 1.29 is 33.9 Å². The molecule has 0 aromatic carbocycles. The number of halogens is 1. The third-order valence-electron chi connectivity index (χ3n) is 1.22. The lowest BCUT2D eigenvalue weighted by molar-refractivity contribution is -2.00. The third-order valence-corrected chi connectivity index (χ3v) is 1.22. The Balaban J connectivity index is 0.000000292. The Morgan fingerprint density at radius 2 is 1.43 bits per heavy atom. The predicted octanol–water partition coefficient (Wildman–Crippen LogP) is -4.19. The van der Waals surface area contributed by atoms with Crippen molar-refractivity contribution in [3.63, 3.8) is 0 Å². The molecule has 0 radical (unpaired) electrons. The highest BCUT2D eigenvalue weighted by Crippen LogP contribution is 2.04. The van der Waals surface area contributed by atoms with Crippen molar-refractivity contribution >= 4 is 5.69 Å². The molecule has 0 aliphatic carbocycles. The van der Waals surface area contributed by atoms with E-state index in [4.69, 9.17) is 18.6 Å². The largest absolute Gasteiger partial charge is 0.377 e. The minimum atomic E-state index is -4.94. The molecule has 0 amide bonds. The molecular formula is C7H11ClN2O4. The molecule has 1 rings (SSSR count). The van der Waals surface area contributed by atoms with Crippen LogP contribution in [0.3, 0.4) is 0 Å². The van der Waals surface area contributed by atoms with Gasteiger partial charge in [-0.05, 0) is 0 Å². The van der Waals surface area contributed by atoms with Crippen molar-refractivity contribution in [3.05, 3.63) is 24.5 Å². The van der Waals surface area contributed by atoms with Crippen LogP contribution in [-0.4, -0.2) is 14.1 Å². The average molecular weight is 223 g/mol. The fraction of sp³-hybridized carbons (Fsp3) is 0.286. The second-order valence-corrected chi connectivity index (χ2v) is 3.29. The molecule has 0 fully saturated rings. The van der Waals surface area contributed by atoms with Gasteiger partial charge < -0.3 is 4.90 Å². The monoisotopic (exact) mass is 222 g/mol. The van der Waals surface area contributed by atoms with Crippen LogP contribution in [0.15, 0.2) is 24.5 Å². The second-order valence-electron chi connectivity index (χ2n) is 2.53. The zero-order valence-electron chi connectivity index (χ0n) is 7.77. The molecule has 6 nitrogen and oxygen atoms in total. The Morgan fingerprint density at radius 1 is 1.07 bits per heavy atom. The van der Waals surface area contributed by atoms with E-state index in [1.54, 1.807) is 0 Å². The molecule has 1 aromatic rings. The number of aromatic amines is 1. The van der Waals surface area contributed by atoms with Crippen molar-refractivity contribution in [1.82, 2.24) is 0 Å². The van der Waals surface area contributed by atoms with Crippen LogP contribution < -0.4 is 28.5 Å². The Bertz CT molecular complexity index is 244. The number of H-pyrrole nitrogens is 1. The van der Waals surface area contributed by atoms with Gasteiger partial charge in [-0.1, -0.05) is 0 Å². The molecule has 0 saturated carbocycles. The van der Waals surface area contributed by atoms with Gasteiger partial charge in [0.25, 0.3) is 0 Å². The van der Waals surface area contributed by atoms with Crippen molar-refractivity contribution in [2.45, 2.75) is 0 Å². The molecule has 0 saturated heterocycles. The van der Waals surface area contributed by atoms with E-state index in [-0.39, 0.29) is 0 Å². The van der Waals surface area contributed by atoms with Gasteiger partial charge >= 0.3 is 0 Å². The molecule has 1 aromatic heterocycles. The topological polar surface area (TPSA) is 110 Å². The van der Waals surface area contributed by atoms with Crippen LogP contribution in [0, 0.1) is 10.2 Å². The second kappa shape index (κ2) is 5.74. The summed E-state index contributed by atoms with van der Waals surface area (Å²) in [6.45, 7) is 0. The summed E-state index contributed by atoms with van der Waals surface area (Å²) in [7, 11) is -0.898. The molecule has 0 spiro atoms. The van der Waals surface area contributed by atoms with Gasteiger partial charge in [0.05, 0.1) is 0 Å². The first kappa shape index (κ1) is 13.1. The summed E-state index contributed by atoms with van der Waals surface area (Å²) in [4.78, 5) is 5.02. The van der Waals surface area contributed by atoms with Gasteiger partial charge in [0, 0.05) is 31.9 Å². The molecule has 0 atom stereocenters. The highest BCUT2D eigenvalue weighted by Gasteiger charge is 1.91. The van der Waals surface area contributed by atoms with E-state index in [1.165, 1.54) is 5.69 Å². The number of aromatic nitrogens is 1. The van der Waals surface area contributed by atoms with Crippen molar-refractivity contribution in [3.8, 4) is 0 Å². The Morgan fingerprint density at radius 3 is 1.64 bits per heavy atom. The molecule has 14 heavy (non-hydrogen) atoms. The number of nitrogens with one attached hydrogen (secondary N) is 1. The molecule has 7 heteroatoms. The van der Waals surface area contributed by atoms with E-state index in [0.29, 0.717) is 0 Å². The lowest BCUT2D eigenvalue weighted by Gasteiger charge is -2.17. The highest BCUT2D eigenvalue weighted by molar-refractivity contribution is 5.41. The minimum Gasteiger partial charge on any atom is -0.377 e. The SMILES string of the molecule is CN(C)c1cc[nH+]cc1.[O-][Cl+3]([O-])([O-])[O-]. The zero-order valence-corrected chi connectivity index (χ0v) is 8.52. The standard InChI is InChI=1S/C7H10N2.ClHO4/c1-9(2)7-3-5-8-6-4-7;2-1(3,4)5/h3-6H,1-2H3;(H,2,3,4,5). The van der Waals surface area contributed by atoms with Gasteiger partial charge in [-0.15, -0.1) is 10.2 Å². The summed E-state index contributed by atoms with van der Waals surface area (Å²) >= 11 is 0. The smallest absolute Gasteiger partial charge is 0.169 e. The number of hydrogen-bond donors (Lipinski definition) is 0. The van der Waals surface area contributed by atoms with Gasteiger partial charge in [-0.25, -0.2) is 23.6 Å². The van der Waals surface area contributed by atoms with Crippen molar-refractivity contribution in [2.24, 2.45) is 0 Å². The summed E-state index contributed by atoms with van der Waals surface area (Å²) in [5.41, 5.74) is 1.22. The van der Waals surface area contributed by atoms with Gasteiger partial charge in [0.2, 0.25) is 0 Å². The van der Waals surface area contributed by atoms with Crippen molar-refractivity contribution in [2.75, 3.05) is 19.0 Å². The Kier molecular flexibility index (Phi) is 5.36. The first-order chi connectivity index (χ1) is 6.30. The van der Waals surface area contributed by atoms with Crippen molar-refractivity contribution in [1.29, 1.82) is 0 Å². The van der Waals surface area contributed by atoms with E-state index in [0.717, 1.165) is 0 Å². The van der Waals surface area contributed by atoms with Crippen LogP contribution in [0.2, 0.25) is 0 Å². The first-order valence-corrected chi connectivity index (χ1v) is 4.79. The molecule has 80 valence electrons. The molecular weight excluding hydrogens is 212 g/mol. The Hall–Kier alpha value is -0.920. The lowest BCUT2D eigenvalue weighted by atomic mass is 10.4. The van der Waals surface area contributed by atoms with Crippen LogP contribution in [-0.2, 0) is 0 Å². The maximum Gasteiger partial charge on any atom is 0.169 e. The van der Waals surface area contributed by atoms with Crippen LogP contribution in [0.5, 0.6) is 0 Å². The normalized spacial score (nSPS) is 10.1. The number of pyridine rings is 1. The molecule has 0 aliphatic rings. The van der Waals surface area contributed by atoms with Gasteiger partial charge in [0.15, 0.2) is 12.4 Å². The molecule has 1 heterocycles. The average Bonchev–Trinajstić information content (AvgIpc) is 2.03.